The molecule has 0 spiro atoms. The normalized spacial score (nSPS) is 11.1. The zero-order valence-electron chi connectivity index (χ0n) is 10.4. The number of aromatic nitrogens is 2. The average Bonchev–Trinajstić information content (AvgIpc) is 2.96. The molecule has 3 aromatic rings. The number of hydrogen-bond acceptors (Lipinski definition) is 4. The summed E-state index contributed by atoms with van der Waals surface area (Å²) in [6, 6.07) is 17.1. The molecule has 0 radical (unpaired) electrons. The first-order valence-electron chi connectivity index (χ1n) is 6.00. The SMILES string of the molecule is Clc1ccc(-c2nnc(/N=C/c3ccccc3)o2)cc1. The van der Waals surface area contributed by atoms with Crippen molar-refractivity contribution in [3.05, 3.63) is 65.2 Å². The third kappa shape index (κ3) is 2.92. The van der Waals surface area contributed by atoms with Gasteiger partial charge in [0.15, 0.2) is 0 Å². The minimum atomic E-state index is 0.221. The molecule has 98 valence electrons. The molecule has 0 aliphatic heterocycles. The van der Waals surface area contributed by atoms with Gasteiger partial charge in [-0.1, -0.05) is 47.0 Å². The highest BCUT2D eigenvalue weighted by atomic mass is 35.5. The number of hydrogen-bond donors (Lipinski definition) is 0. The Morgan fingerprint density at radius 2 is 1.70 bits per heavy atom. The van der Waals surface area contributed by atoms with Crippen molar-refractivity contribution in [2.24, 2.45) is 4.99 Å². The summed E-state index contributed by atoms with van der Waals surface area (Å²) in [5.74, 6) is 0.418. The van der Waals surface area contributed by atoms with Gasteiger partial charge in [0.05, 0.1) is 0 Å². The fraction of sp³-hybridized carbons (Fsp3) is 0. The molecule has 1 aromatic heterocycles. The molecule has 5 heteroatoms. The molecule has 0 unspecified atom stereocenters. The quantitative estimate of drug-likeness (QED) is 0.679. The van der Waals surface area contributed by atoms with Crippen LogP contribution in [0.15, 0.2) is 64.0 Å². The predicted octanol–water partition coefficient (Wildman–Crippen LogP) is 4.14. The molecule has 0 amide bonds. The van der Waals surface area contributed by atoms with Crippen molar-refractivity contribution in [2.75, 3.05) is 0 Å². The maximum atomic E-state index is 5.83. The lowest BCUT2D eigenvalue weighted by molar-refractivity contribution is 0.580. The Kier molecular flexibility index (Phi) is 3.56. The lowest BCUT2D eigenvalue weighted by Gasteiger charge is -1.93. The topological polar surface area (TPSA) is 51.3 Å². The van der Waals surface area contributed by atoms with Crippen molar-refractivity contribution in [2.45, 2.75) is 0 Å². The largest absolute Gasteiger partial charge is 0.402 e. The summed E-state index contributed by atoms with van der Waals surface area (Å²) in [6.07, 6.45) is 1.68. The standard InChI is InChI=1S/C15H10ClN3O/c16-13-8-6-12(7-9-13)14-18-19-15(20-14)17-10-11-4-2-1-3-5-11/h1-10H/b17-10+. The summed E-state index contributed by atoms with van der Waals surface area (Å²) >= 11 is 5.83. The molecular weight excluding hydrogens is 274 g/mol. The Hall–Kier alpha value is -2.46. The minimum Gasteiger partial charge on any atom is -0.402 e. The van der Waals surface area contributed by atoms with E-state index >= 15 is 0 Å². The Balaban J connectivity index is 1.80. The molecule has 0 aliphatic carbocycles. The number of aliphatic imine (C=N–C) groups is 1. The highest BCUT2D eigenvalue weighted by Gasteiger charge is 2.06. The van der Waals surface area contributed by atoms with Crippen molar-refractivity contribution < 1.29 is 4.42 Å². The monoisotopic (exact) mass is 283 g/mol. The molecule has 4 nitrogen and oxygen atoms in total. The van der Waals surface area contributed by atoms with Crippen molar-refractivity contribution in [3.8, 4) is 11.5 Å². The fourth-order valence-electron chi connectivity index (χ4n) is 1.65. The van der Waals surface area contributed by atoms with Gasteiger partial charge in [0.25, 0.3) is 0 Å². The van der Waals surface area contributed by atoms with E-state index in [1.807, 2.05) is 42.5 Å². The van der Waals surface area contributed by atoms with Gasteiger partial charge in [-0.25, -0.2) is 4.99 Å². The lowest BCUT2D eigenvalue weighted by Crippen LogP contribution is -1.77. The lowest BCUT2D eigenvalue weighted by atomic mass is 10.2. The van der Waals surface area contributed by atoms with Gasteiger partial charge in [-0.2, -0.15) is 0 Å². The Morgan fingerprint density at radius 1 is 0.950 bits per heavy atom. The summed E-state index contributed by atoms with van der Waals surface area (Å²) < 4.78 is 5.47. The van der Waals surface area contributed by atoms with Gasteiger partial charge in [0.1, 0.15) is 0 Å². The van der Waals surface area contributed by atoms with Crippen molar-refractivity contribution in [3.63, 3.8) is 0 Å². The predicted molar refractivity (Wildman–Crippen MR) is 78.4 cm³/mol. The van der Waals surface area contributed by atoms with E-state index in [-0.39, 0.29) is 6.01 Å². The maximum absolute atomic E-state index is 5.83. The molecule has 0 bridgehead atoms. The van der Waals surface area contributed by atoms with E-state index in [4.69, 9.17) is 16.0 Å². The van der Waals surface area contributed by atoms with Crippen LogP contribution in [-0.4, -0.2) is 16.4 Å². The Bertz CT molecular complexity index is 720. The van der Waals surface area contributed by atoms with Crippen LogP contribution in [0, 0.1) is 0 Å². The molecule has 0 saturated heterocycles. The van der Waals surface area contributed by atoms with Crippen LogP contribution >= 0.6 is 11.6 Å². The van der Waals surface area contributed by atoms with Crippen LogP contribution in [-0.2, 0) is 0 Å². The van der Waals surface area contributed by atoms with E-state index in [9.17, 15) is 0 Å². The van der Waals surface area contributed by atoms with Gasteiger partial charge in [0.2, 0.25) is 5.89 Å². The second-order valence-corrected chi connectivity index (χ2v) is 4.50. The van der Waals surface area contributed by atoms with E-state index in [0.717, 1.165) is 11.1 Å². The molecule has 3 rings (SSSR count). The first-order valence-corrected chi connectivity index (χ1v) is 6.37. The summed E-state index contributed by atoms with van der Waals surface area (Å²) in [5, 5.41) is 8.50. The van der Waals surface area contributed by atoms with Crippen LogP contribution < -0.4 is 0 Å². The Labute approximate surface area is 120 Å². The maximum Gasteiger partial charge on any atom is 0.342 e. The summed E-state index contributed by atoms with van der Waals surface area (Å²) in [7, 11) is 0. The van der Waals surface area contributed by atoms with Crippen LogP contribution in [0.2, 0.25) is 5.02 Å². The van der Waals surface area contributed by atoms with Crippen LogP contribution in [0.25, 0.3) is 11.5 Å². The second-order valence-electron chi connectivity index (χ2n) is 4.07. The number of benzene rings is 2. The van der Waals surface area contributed by atoms with Crippen molar-refractivity contribution in [1.82, 2.24) is 10.2 Å². The molecule has 2 aromatic carbocycles. The third-order valence-corrected chi connectivity index (χ3v) is 2.88. The van der Waals surface area contributed by atoms with Gasteiger partial charge in [-0.15, -0.1) is 5.10 Å². The van der Waals surface area contributed by atoms with E-state index in [1.54, 1.807) is 18.3 Å². The van der Waals surface area contributed by atoms with Crippen LogP contribution in [0.3, 0.4) is 0 Å². The molecule has 1 heterocycles. The number of halogens is 1. The molecular formula is C15H10ClN3O. The molecule has 0 aliphatic rings. The van der Waals surface area contributed by atoms with Gasteiger partial charge < -0.3 is 4.42 Å². The van der Waals surface area contributed by atoms with Gasteiger partial charge >= 0.3 is 6.01 Å². The number of rotatable bonds is 3. The third-order valence-electron chi connectivity index (χ3n) is 2.63. The highest BCUT2D eigenvalue weighted by Crippen LogP contribution is 2.22. The molecule has 0 saturated carbocycles. The summed E-state index contributed by atoms with van der Waals surface area (Å²) in [6.45, 7) is 0. The van der Waals surface area contributed by atoms with E-state index in [1.165, 1.54) is 0 Å². The van der Waals surface area contributed by atoms with Crippen molar-refractivity contribution in [1.29, 1.82) is 0 Å². The molecule has 0 N–H and O–H groups in total. The molecule has 0 fully saturated rings. The van der Waals surface area contributed by atoms with E-state index in [0.29, 0.717) is 10.9 Å². The summed E-state index contributed by atoms with van der Waals surface area (Å²) in [4.78, 5) is 4.15. The minimum absolute atomic E-state index is 0.221. The molecule has 20 heavy (non-hydrogen) atoms. The first kappa shape index (κ1) is 12.6. The van der Waals surface area contributed by atoms with Crippen LogP contribution in [0.4, 0.5) is 6.01 Å². The summed E-state index contributed by atoms with van der Waals surface area (Å²) in [5.41, 5.74) is 1.78. The van der Waals surface area contributed by atoms with Crippen LogP contribution in [0.1, 0.15) is 5.56 Å². The van der Waals surface area contributed by atoms with E-state index in [2.05, 4.69) is 15.2 Å². The zero-order chi connectivity index (χ0) is 13.8. The second kappa shape index (κ2) is 5.67. The van der Waals surface area contributed by atoms with Gasteiger partial charge in [0, 0.05) is 16.8 Å². The fourth-order valence-corrected chi connectivity index (χ4v) is 1.77. The van der Waals surface area contributed by atoms with E-state index < -0.39 is 0 Å². The van der Waals surface area contributed by atoms with Gasteiger partial charge in [-0.05, 0) is 29.8 Å². The molecule has 0 atom stereocenters. The first-order chi connectivity index (χ1) is 9.81. The zero-order valence-corrected chi connectivity index (χ0v) is 11.2. The average molecular weight is 284 g/mol. The Morgan fingerprint density at radius 3 is 2.45 bits per heavy atom. The smallest absolute Gasteiger partial charge is 0.342 e. The van der Waals surface area contributed by atoms with Crippen molar-refractivity contribution >= 4 is 23.8 Å². The highest BCUT2D eigenvalue weighted by molar-refractivity contribution is 6.30. The van der Waals surface area contributed by atoms with Gasteiger partial charge in [-0.3, -0.25) is 0 Å². The van der Waals surface area contributed by atoms with Crippen LogP contribution in [0.5, 0.6) is 0 Å². The number of nitrogens with zero attached hydrogens (tertiary/aromatic N) is 3.